The van der Waals surface area contributed by atoms with Crippen LogP contribution in [0.1, 0.15) is 6.92 Å². The quantitative estimate of drug-likeness (QED) is 0.710. The zero-order valence-corrected chi connectivity index (χ0v) is 11.4. The third kappa shape index (κ3) is 6.61. The van der Waals surface area contributed by atoms with Crippen molar-refractivity contribution in [2.24, 2.45) is 0 Å². The van der Waals surface area contributed by atoms with E-state index < -0.39 is 0 Å². The Morgan fingerprint density at radius 3 is 1.94 bits per heavy atom. The molecule has 0 spiro atoms. The summed E-state index contributed by atoms with van der Waals surface area (Å²) in [4.78, 5) is 18.0. The Balaban J connectivity index is 2.32. The van der Waals surface area contributed by atoms with Gasteiger partial charge in [0.1, 0.15) is 0 Å². The lowest BCUT2D eigenvalue weighted by atomic mass is 10.4. The van der Waals surface area contributed by atoms with Crippen molar-refractivity contribution >= 4 is 5.91 Å². The highest BCUT2D eigenvalue weighted by atomic mass is 16.1. The Morgan fingerprint density at radius 1 is 1.00 bits per heavy atom. The third-order valence-electron chi connectivity index (χ3n) is 3.26. The number of rotatable bonds is 3. The second kappa shape index (κ2) is 7.63. The molecule has 1 rings (SSSR count). The van der Waals surface area contributed by atoms with E-state index in [-0.39, 0.29) is 5.91 Å². The zero-order valence-electron chi connectivity index (χ0n) is 11.4. The molecule has 0 bridgehead atoms. The predicted molar refractivity (Wildman–Crippen MR) is 70.1 cm³/mol. The van der Waals surface area contributed by atoms with Crippen LogP contribution in [0.2, 0.25) is 0 Å². The molecule has 0 atom stereocenters. The number of nitrogens with zero attached hydrogens (tertiary/aromatic N) is 3. The average Bonchev–Trinajstić information content (AvgIpc) is 2.34. The standard InChI is InChI=1S/C12H26N4O/c1-12(17)13-4-5-16-10-8-14(2)6-7-15(3)9-11-16/h4-11H2,1-3H3,(H,13,17). The van der Waals surface area contributed by atoms with E-state index in [1.807, 2.05) is 0 Å². The normalized spacial score (nSPS) is 21.6. The van der Waals surface area contributed by atoms with Crippen molar-refractivity contribution in [1.29, 1.82) is 0 Å². The minimum absolute atomic E-state index is 0.0588. The lowest BCUT2D eigenvalue weighted by Gasteiger charge is -2.23. The molecule has 1 amide bonds. The summed E-state index contributed by atoms with van der Waals surface area (Å²) in [5.74, 6) is 0.0588. The van der Waals surface area contributed by atoms with E-state index in [1.165, 1.54) is 0 Å². The first kappa shape index (κ1) is 14.4. The van der Waals surface area contributed by atoms with E-state index >= 15 is 0 Å². The van der Waals surface area contributed by atoms with E-state index in [9.17, 15) is 4.79 Å². The van der Waals surface area contributed by atoms with Gasteiger partial charge in [0.15, 0.2) is 0 Å². The minimum atomic E-state index is 0.0588. The molecule has 17 heavy (non-hydrogen) atoms. The molecule has 0 saturated carbocycles. The monoisotopic (exact) mass is 242 g/mol. The summed E-state index contributed by atoms with van der Waals surface area (Å²) in [5, 5.41) is 2.86. The smallest absolute Gasteiger partial charge is 0.216 e. The molecule has 0 aromatic heterocycles. The number of likely N-dealkylation sites (N-methyl/N-ethyl adjacent to an activating group) is 2. The maximum atomic E-state index is 10.8. The number of amides is 1. The van der Waals surface area contributed by atoms with Gasteiger partial charge in [-0.3, -0.25) is 9.69 Å². The molecule has 0 aromatic rings. The maximum Gasteiger partial charge on any atom is 0.216 e. The van der Waals surface area contributed by atoms with Gasteiger partial charge in [-0.2, -0.15) is 0 Å². The molecular formula is C12H26N4O. The van der Waals surface area contributed by atoms with Crippen molar-refractivity contribution in [2.45, 2.75) is 6.92 Å². The van der Waals surface area contributed by atoms with Gasteiger partial charge in [0.2, 0.25) is 5.91 Å². The fourth-order valence-electron chi connectivity index (χ4n) is 1.91. The number of hydrogen-bond acceptors (Lipinski definition) is 4. The highest BCUT2D eigenvalue weighted by molar-refractivity contribution is 5.72. The fourth-order valence-corrected chi connectivity index (χ4v) is 1.91. The van der Waals surface area contributed by atoms with Gasteiger partial charge < -0.3 is 15.1 Å². The molecular weight excluding hydrogens is 216 g/mol. The molecule has 5 heteroatoms. The minimum Gasteiger partial charge on any atom is -0.355 e. The zero-order chi connectivity index (χ0) is 12.7. The van der Waals surface area contributed by atoms with E-state index in [1.54, 1.807) is 6.92 Å². The summed E-state index contributed by atoms with van der Waals surface area (Å²) >= 11 is 0. The number of carbonyl (C=O) groups excluding carboxylic acids is 1. The van der Waals surface area contributed by atoms with Crippen molar-refractivity contribution in [3.63, 3.8) is 0 Å². The van der Waals surface area contributed by atoms with Crippen LogP contribution in [0.5, 0.6) is 0 Å². The van der Waals surface area contributed by atoms with Crippen molar-refractivity contribution < 1.29 is 4.79 Å². The van der Waals surface area contributed by atoms with Crippen LogP contribution in [0.3, 0.4) is 0 Å². The summed E-state index contributed by atoms with van der Waals surface area (Å²) in [6.45, 7) is 9.92. The molecule has 1 heterocycles. The van der Waals surface area contributed by atoms with E-state index in [0.717, 1.165) is 52.4 Å². The first-order valence-electron chi connectivity index (χ1n) is 6.42. The van der Waals surface area contributed by atoms with E-state index in [2.05, 4.69) is 34.1 Å². The van der Waals surface area contributed by atoms with Gasteiger partial charge in [-0.25, -0.2) is 0 Å². The van der Waals surface area contributed by atoms with Gasteiger partial charge in [-0.15, -0.1) is 0 Å². The Labute approximate surface area is 105 Å². The van der Waals surface area contributed by atoms with Crippen LogP contribution in [0.25, 0.3) is 0 Å². The van der Waals surface area contributed by atoms with Gasteiger partial charge in [0, 0.05) is 59.3 Å². The highest BCUT2D eigenvalue weighted by Gasteiger charge is 2.11. The fraction of sp³-hybridized carbons (Fsp3) is 0.917. The topological polar surface area (TPSA) is 38.8 Å². The first-order valence-corrected chi connectivity index (χ1v) is 6.42. The third-order valence-corrected chi connectivity index (χ3v) is 3.26. The number of hydrogen-bond donors (Lipinski definition) is 1. The van der Waals surface area contributed by atoms with Gasteiger partial charge in [-0.1, -0.05) is 0 Å². The molecule has 1 saturated heterocycles. The first-order chi connectivity index (χ1) is 8.08. The van der Waals surface area contributed by atoms with Gasteiger partial charge in [0.25, 0.3) is 0 Å². The van der Waals surface area contributed by atoms with Crippen LogP contribution in [0.15, 0.2) is 0 Å². The van der Waals surface area contributed by atoms with Crippen LogP contribution in [-0.2, 0) is 4.79 Å². The molecule has 100 valence electrons. The molecule has 0 unspecified atom stereocenters. The maximum absolute atomic E-state index is 10.8. The van der Waals surface area contributed by atoms with E-state index in [4.69, 9.17) is 0 Å². The molecule has 1 fully saturated rings. The summed E-state index contributed by atoms with van der Waals surface area (Å²) in [5.41, 5.74) is 0. The lowest BCUT2D eigenvalue weighted by molar-refractivity contribution is -0.119. The van der Waals surface area contributed by atoms with Crippen molar-refractivity contribution in [2.75, 3.05) is 66.5 Å². The molecule has 1 N–H and O–H groups in total. The SMILES string of the molecule is CC(=O)NCCN1CCN(C)CCN(C)CC1. The Hall–Kier alpha value is -0.650. The number of carbonyl (C=O) groups is 1. The summed E-state index contributed by atoms with van der Waals surface area (Å²) in [6.07, 6.45) is 0. The van der Waals surface area contributed by atoms with Crippen LogP contribution < -0.4 is 5.32 Å². The van der Waals surface area contributed by atoms with Crippen LogP contribution in [0.4, 0.5) is 0 Å². The summed E-state index contributed by atoms with van der Waals surface area (Å²) in [7, 11) is 4.34. The lowest BCUT2D eigenvalue weighted by Crippen LogP contribution is -2.39. The Morgan fingerprint density at radius 2 is 1.47 bits per heavy atom. The van der Waals surface area contributed by atoms with E-state index in [0.29, 0.717) is 0 Å². The predicted octanol–water partition coefficient (Wildman–Crippen LogP) is -0.698. The molecule has 1 aliphatic rings. The van der Waals surface area contributed by atoms with Crippen molar-refractivity contribution in [3.8, 4) is 0 Å². The van der Waals surface area contributed by atoms with Crippen LogP contribution in [0, 0.1) is 0 Å². The van der Waals surface area contributed by atoms with Crippen molar-refractivity contribution in [1.82, 2.24) is 20.0 Å². The van der Waals surface area contributed by atoms with Gasteiger partial charge >= 0.3 is 0 Å². The highest BCUT2D eigenvalue weighted by Crippen LogP contribution is 1.96. The molecule has 0 aromatic carbocycles. The van der Waals surface area contributed by atoms with Gasteiger partial charge in [-0.05, 0) is 14.1 Å². The second-order valence-electron chi connectivity index (χ2n) is 4.93. The average molecular weight is 242 g/mol. The molecule has 5 nitrogen and oxygen atoms in total. The second-order valence-corrected chi connectivity index (χ2v) is 4.93. The van der Waals surface area contributed by atoms with Crippen LogP contribution >= 0.6 is 0 Å². The Kier molecular flexibility index (Phi) is 6.47. The van der Waals surface area contributed by atoms with Crippen LogP contribution in [-0.4, -0.2) is 87.1 Å². The summed E-state index contributed by atoms with van der Waals surface area (Å²) in [6, 6.07) is 0. The number of nitrogens with one attached hydrogen (secondary N) is 1. The molecule has 0 radical (unpaired) electrons. The summed E-state index contributed by atoms with van der Waals surface area (Å²) < 4.78 is 0. The van der Waals surface area contributed by atoms with Gasteiger partial charge in [0.05, 0.1) is 0 Å². The Bertz CT molecular complexity index is 221. The van der Waals surface area contributed by atoms with Crippen molar-refractivity contribution in [3.05, 3.63) is 0 Å². The molecule has 0 aliphatic carbocycles. The molecule has 1 aliphatic heterocycles. The largest absolute Gasteiger partial charge is 0.355 e.